The summed E-state index contributed by atoms with van der Waals surface area (Å²) >= 11 is 0. The summed E-state index contributed by atoms with van der Waals surface area (Å²) in [6, 6.07) is 27.6. The Morgan fingerprint density at radius 3 is 2.03 bits per heavy atom. The molecule has 0 radical (unpaired) electrons. The summed E-state index contributed by atoms with van der Waals surface area (Å²) in [6.07, 6.45) is 3.87. The predicted molar refractivity (Wildman–Crippen MR) is 133 cm³/mol. The van der Waals surface area contributed by atoms with Crippen molar-refractivity contribution >= 4 is 17.6 Å². The number of allylic oxidation sites excluding steroid dienone is 1. The summed E-state index contributed by atoms with van der Waals surface area (Å²) < 4.78 is 0. The van der Waals surface area contributed by atoms with Crippen LogP contribution in [0.3, 0.4) is 0 Å². The molecule has 0 heterocycles. The number of rotatable bonds is 5. The summed E-state index contributed by atoms with van der Waals surface area (Å²) in [5.74, 6) is 0.636. The number of Topliss-reactive ketones (excluding diaryl/α,β-unsaturated/α-hetero) is 1. The molecule has 0 aromatic heterocycles. The maximum absolute atomic E-state index is 13.6. The molecule has 0 spiro atoms. The third-order valence-corrected chi connectivity index (χ3v) is 8.30. The fourth-order valence-electron chi connectivity index (χ4n) is 6.20. The molecule has 3 aromatic rings. The molecule has 2 bridgehead atoms. The van der Waals surface area contributed by atoms with E-state index in [-0.39, 0.29) is 28.4 Å². The van der Waals surface area contributed by atoms with Crippen molar-refractivity contribution < 1.29 is 9.59 Å². The smallest absolute Gasteiger partial charge is 0.193 e. The fourth-order valence-corrected chi connectivity index (χ4v) is 6.20. The Morgan fingerprint density at radius 2 is 1.42 bits per heavy atom. The Morgan fingerprint density at radius 1 is 0.848 bits per heavy atom. The first kappa shape index (κ1) is 21.6. The molecule has 3 unspecified atom stereocenters. The van der Waals surface area contributed by atoms with Crippen molar-refractivity contribution in [3.63, 3.8) is 0 Å². The van der Waals surface area contributed by atoms with Crippen LogP contribution in [0.4, 0.5) is 0 Å². The topological polar surface area (TPSA) is 34.1 Å². The summed E-state index contributed by atoms with van der Waals surface area (Å²) in [4.78, 5) is 26.3. The Balaban J connectivity index is 1.42. The molecular weight excluding hydrogens is 404 g/mol. The van der Waals surface area contributed by atoms with E-state index < -0.39 is 0 Å². The van der Waals surface area contributed by atoms with Gasteiger partial charge >= 0.3 is 0 Å². The lowest BCUT2D eigenvalue weighted by atomic mass is 9.70. The van der Waals surface area contributed by atoms with Crippen LogP contribution in [0, 0.1) is 22.7 Å². The largest absolute Gasteiger partial charge is 0.299 e. The number of carbonyl (C=O) groups excluding carboxylic acids is 2. The molecule has 2 fully saturated rings. The van der Waals surface area contributed by atoms with Crippen molar-refractivity contribution in [2.45, 2.75) is 33.6 Å². The Hall–Kier alpha value is -3.26. The van der Waals surface area contributed by atoms with Gasteiger partial charge in [-0.3, -0.25) is 9.59 Å². The fraction of sp³-hybridized carbons (Fsp3) is 0.290. The summed E-state index contributed by atoms with van der Waals surface area (Å²) in [5.41, 5.74) is 4.69. The third kappa shape index (κ3) is 3.49. The van der Waals surface area contributed by atoms with E-state index in [0.29, 0.717) is 23.3 Å². The summed E-state index contributed by atoms with van der Waals surface area (Å²) in [5, 5.41) is 0. The standard InChI is InChI=1S/C31H30O2/c1-30(2)27-25(18-21-10-6-4-7-11-21)20-31(30,3)29(33)26(27)19-22-14-16-24(17-15-22)28(32)23-12-8-5-9-13-23/h4-18,26-27H,19-20H2,1-3H3. The molecule has 3 aromatic carbocycles. The van der Waals surface area contributed by atoms with Crippen LogP contribution >= 0.6 is 0 Å². The number of hydrogen-bond donors (Lipinski definition) is 0. The van der Waals surface area contributed by atoms with Crippen molar-refractivity contribution in [2.75, 3.05) is 0 Å². The highest BCUT2D eigenvalue weighted by molar-refractivity contribution is 6.09. The number of carbonyl (C=O) groups is 2. The number of benzene rings is 3. The molecule has 2 heteroatoms. The molecule has 0 aliphatic heterocycles. The van der Waals surface area contributed by atoms with Gasteiger partial charge in [-0.15, -0.1) is 0 Å². The molecule has 3 atom stereocenters. The van der Waals surface area contributed by atoms with E-state index in [1.165, 1.54) is 11.1 Å². The minimum atomic E-state index is -0.327. The first-order chi connectivity index (χ1) is 15.8. The molecule has 2 aliphatic carbocycles. The lowest BCUT2D eigenvalue weighted by Gasteiger charge is -2.31. The van der Waals surface area contributed by atoms with Gasteiger partial charge in [0.1, 0.15) is 5.78 Å². The van der Waals surface area contributed by atoms with E-state index in [0.717, 1.165) is 12.0 Å². The number of fused-ring (bicyclic) bond motifs is 2. The summed E-state index contributed by atoms with van der Waals surface area (Å²) in [6.45, 7) is 6.70. The van der Waals surface area contributed by atoms with Crippen molar-refractivity contribution in [1.82, 2.24) is 0 Å². The molecule has 33 heavy (non-hydrogen) atoms. The van der Waals surface area contributed by atoms with Crippen LogP contribution in [0.2, 0.25) is 0 Å². The van der Waals surface area contributed by atoms with Crippen LogP contribution in [0.15, 0.2) is 90.5 Å². The molecular formula is C31H30O2. The van der Waals surface area contributed by atoms with Gasteiger partial charge in [-0.25, -0.2) is 0 Å². The van der Waals surface area contributed by atoms with Gasteiger partial charge < -0.3 is 0 Å². The average molecular weight is 435 g/mol. The molecule has 0 saturated heterocycles. The zero-order chi connectivity index (χ0) is 23.2. The maximum atomic E-state index is 13.6. The third-order valence-electron chi connectivity index (χ3n) is 8.30. The Kier molecular flexibility index (Phi) is 5.20. The molecule has 0 amide bonds. The molecule has 0 N–H and O–H groups in total. The maximum Gasteiger partial charge on any atom is 0.193 e. The van der Waals surface area contributed by atoms with Crippen LogP contribution in [0.25, 0.3) is 6.08 Å². The Labute approximate surface area is 196 Å². The van der Waals surface area contributed by atoms with E-state index in [9.17, 15) is 9.59 Å². The summed E-state index contributed by atoms with van der Waals surface area (Å²) in [7, 11) is 0. The molecule has 2 nitrogen and oxygen atoms in total. The predicted octanol–water partition coefficient (Wildman–Crippen LogP) is 6.80. The van der Waals surface area contributed by atoms with E-state index in [2.05, 4.69) is 51.1 Å². The quantitative estimate of drug-likeness (QED) is 0.414. The number of hydrogen-bond acceptors (Lipinski definition) is 2. The van der Waals surface area contributed by atoms with Gasteiger partial charge in [-0.2, -0.15) is 0 Å². The molecule has 5 rings (SSSR count). The van der Waals surface area contributed by atoms with E-state index in [1.54, 1.807) is 0 Å². The van der Waals surface area contributed by atoms with Crippen molar-refractivity contribution in [2.24, 2.45) is 22.7 Å². The van der Waals surface area contributed by atoms with Gasteiger partial charge in [-0.05, 0) is 35.3 Å². The highest BCUT2D eigenvalue weighted by atomic mass is 16.1. The van der Waals surface area contributed by atoms with Crippen molar-refractivity contribution in [3.8, 4) is 0 Å². The minimum absolute atomic E-state index is 0.0237. The lowest BCUT2D eigenvalue weighted by molar-refractivity contribution is -0.130. The minimum Gasteiger partial charge on any atom is -0.299 e. The second-order valence-electron chi connectivity index (χ2n) is 10.4. The van der Waals surface area contributed by atoms with Crippen molar-refractivity contribution in [3.05, 3.63) is 113 Å². The van der Waals surface area contributed by atoms with E-state index in [1.807, 2.05) is 60.7 Å². The van der Waals surface area contributed by atoms with Crippen LogP contribution in [0.1, 0.15) is 54.2 Å². The van der Waals surface area contributed by atoms with Gasteiger partial charge in [0.15, 0.2) is 5.78 Å². The molecule has 2 saturated carbocycles. The van der Waals surface area contributed by atoms with Crippen LogP contribution in [0.5, 0.6) is 0 Å². The highest BCUT2D eigenvalue weighted by Gasteiger charge is 2.67. The second-order valence-corrected chi connectivity index (χ2v) is 10.4. The van der Waals surface area contributed by atoms with Crippen molar-refractivity contribution in [1.29, 1.82) is 0 Å². The molecule has 2 aliphatic rings. The Bertz CT molecular complexity index is 1220. The molecule has 166 valence electrons. The monoisotopic (exact) mass is 434 g/mol. The van der Waals surface area contributed by atoms with Gasteiger partial charge in [0, 0.05) is 22.5 Å². The SMILES string of the molecule is CC12CC(=Cc3ccccc3)C(C(Cc3ccc(C(=O)c4ccccc4)cc3)C1=O)C2(C)C. The van der Waals surface area contributed by atoms with Crippen LogP contribution in [-0.2, 0) is 11.2 Å². The van der Waals surface area contributed by atoms with Gasteiger partial charge in [-0.1, -0.05) is 117 Å². The van der Waals surface area contributed by atoms with Gasteiger partial charge in [0.2, 0.25) is 0 Å². The van der Waals surface area contributed by atoms with Crippen LogP contribution < -0.4 is 0 Å². The van der Waals surface area contributed by atoms with Gasteiger partial charge in [0.25, 0.3) is 0 Å². The first-order valence-corrected chi connectivity index (χ1v) is 11.8. The zero-order valence-corrected chi connectivity index (χ0v) is 19.5. The first-order valence-electron chi connectivity index (χ1n) is 11.8. The average Bonchev–Trinajstić information content (AvgIpc) is 3.11. The zero-order valence-electron chi connectivity index (χ0n) is 19.5. The number of ketones is 2. The lowest BCUT2D eigenvalue weighted by Crippen LogP contribution is -2.34. The second kappa shape index (κ2) is 7.95. The van der Waals surface area contributed by atoms with Gasteiger partial charge in [0.05, 0.1) is 0 Å². The van der Waals surface area contributed by atoms with Crippen LogP contribution in [-0.4, -0.2) is 11.6 Å². The van der Waals surface area contributed by atoms with E-state index >= 15 is 0 Å². The van der Waals surface area contributed by atoms with E-state index in [4.69, 9.17) is 0 Å². The highest BCUT2D eigenvalue weighted by Crippen LogP contribution is 2.68. The normalized spacial score (nSPS) is 26.6.